The predicted molar refractivity (Wildman–Crippen MR) is 139 cm³/mol. The summed E-state index contributed by atoms with van der Waals surface area (Å²) in [6.07, 6.45) is 6.97. The lowest BCUT2D eigenvalue weighted by Crippen LogP contribution is -2.19. The molecule has 0 aliphatic heterocycles. The molecule has 0 fully saturated rings. The Hall–Kier alpha value is -4.70. The van der Waals surface area contributed by atoms with Crippen molar-refractivity contribution in [3.63, 3.8) is 0 Å². The quantitative estimate of drug-likeness (QED) is 0.331. The number of hydrogen-bond donors (Lipinski definition) is 2. The summed E-state index contributed by atoms with van der Waals surface area (Å²) in [7, 11) is 3.91. The molecule has 6 aromatic rings. The normalized spacial score (nSPS) is 11.6. The number of imidazole rings is 1. The molecule has 0 bridgehead atoms. The Morgan fingerprint density at radius 3 is 2.70 bits per heavy atom. The van der Waals surface area contributed by atoms with Gasteiger partial charge in [-0.2, -0.15) is 5.10 Å². The minimum atomic E-state index is -0.404. The Kier molecular flexibility index (Phi) is 5.78. The second-order valence-corrected chi connectivity index (χ2v) is 8.90. The first-order valence-corrected chi connectivity index (χ1v) is 11.7. The number of halogens is 1. The monoisotopic (exact) mass is 494 g/mol. The predicted octanol–water partition coefficient (Wildman–Crippen LogP) is 4.70. The number of aromatic nitrogens is 7. The molecular formula is C27H23FN8O. The maximum Gasteiger partial charge on any atom is 0.159 e. The Labute approximate surface area is 211 Å². The molecule has 0 amide bonds. The summed E-state index contributed by atoms with van der Waals surface area (Å²) in [5.74, 6) is 0.595. The molecule has 2 N–H and O–H groups in total. The van der Waals surface area contributed by atoms with Crippen LogP contribution in [0, 0.1) is 5.82 Å². The van der Waals surface area contributed by atoms with Crippen LogP contribution in [0.25, 0.3) is 56.0 Å². The summed E-state index contributed by atoms with van der Waals surface area (Å²) in [6.45, 7) is 1.17. The highest BCUT2D eigenvalue weighted by atomic mass is 19.1. The van der Waals surface area contributed by atoms with Gasteiger partial charge in [0.1, 0.15) is 29.4 Å². The fraction of sp³-hybridized carbons (Fsp3) is 0.148. The van der Waals surface area contributed by atoms with Gasteiger partial charge in [0.2, 0.25) is 0 Å². The molecule has 184 valence electrons. The molecule has 5 heterocycles. The molecule has 37 heavy (non-hydrogen) atoms. The minimum Gasteiger partial charge on any atom is -0.492 e. The first kappa shape index (κ1) is 22.7. The number of nitrogens with one attached hydrogen (secondary N) is 2. The Bertz CT molecular complexity index is 1710. The second kappa shape index (κ2) is 9.40. The van der Waals surface area contributed by atoms with Crippen molar-refractivity contribution in [1.29, 1.82) is 0 Å². The van der Waals surface area contributed by atoms with Crippen LogP contribution in [0.2, 0.25) is 0 Å². The van der Waals surface area contributed by atoms with Gasteiger partial charge in [0.15, 0.2) is 11.5 Å². The van der Waals surface area contributed by atoms with Gasteiger partial charge >= 0.3 is 0 Å². The van der Waals surface area contributed by atoms with Crippen molar-refractivity contribution in [3.8, 4) is 39.7 Å². The van der Waals surface area contributed by atoms with E-state index in [1.807, 2.05) is 43.3 Å². The number of likely N-dealkylation sites (N-methyl/N-ethyl adjacent to an activating group) is 1. The van der Waals surface area contributed by atoms with E-state index >= 15 is 0 Å². The van der Waals surface area contributed by atoms with Crippen molar-refractivity contribution in [2.45, 2.75) is 0 Å². The third kappa shape index (κ3) is 4.50. The average Bonchev–Trinajstić information content (AvgIpc) is 3.52. The first-order valence-electron chi connectivity index (χ1n) is 11.7. The molecular weight excluding hydrogens is 471 g/mol. The number of aromatic amines is 2. The standard InChI is InChI=1S/C27H23FN8O/c1-36(2)8-9-37-20-11-17(10-19(28)13-20)23-25-22(5-7-30-23)32-27(33-25)24-21-12-18(15-31-26(21)35-34-24)16-4-3-6-29-14-16/h3-7,10-15H,8-9H2,1-2H3,(H,32,33)(H,31,34,35). The fourth-order valence-electron chi connectivity index (χ4n) is 4.16. The highest BCUT2D eigenvalue weighted by molar-refractivity contribution is 5.96. The minimum absolute atomic E-state index is 0.404. The third-order valence-electron chi connectivity index (χ3n) is 5.99. The van der Waals surface area contributed by atoms with Crippen molar-refractivity contribution >= 4 is 22.1 Å². The van der Waals surface area contributed by atoms with Gasteiger partial charge in [-0.25, -0.2) is 14.4 Å². The van der Waals surface area contributed by atoms with E-state index < -0.39 is 5.82 Å². The number of pyridine rings is 3. The van der Waals surface area contributed by atoms with Crippen molar-refractivity contribution in [2.24, 2.45) is 0 Å². The number of hydrogen-bond acceptors (Lipinski definition) is 7. The topological polar surface area (TPSA) is 108 Å². The smallest absolute Gasteiger partial charge is 0.159 e. The summed E-state index contributed by atoms with van der Waals surface area (Å²) < 4.78 is 20.3. The molecule has 0 aliphatic rings. The Morgan fingerprint density at radius 2 is 1.86 bits per heavy atom. The highest BCUT2D eigenvalue weighted by Crippen LogP contribution is 2.33. The zero-order valence-electron chi connectivity index (χ0n) is 20.2. The summed E-state index contributed by atoms with van der Waals surface area (Å²) >= 11 is 0. The van der Waals surface area contributed by atoms with Gasteiger partial charge in [-0.15, -0.1) is 0 Å². The van der Waals surface area contributed by atoms with E-state index in [-0.39, 0.29) is 0 Å². The Balaban J connectivity index is 1.41. The van der Waals surface area contributed by atoms with Crippen LogP contribution < -0.4 is 4.74 Å². The van der Waals surface area contributed by atoms with E-state index in [0.717, 1.165) is 28.6 Å². The fourth-order valence-corrected chi connectivity index (χ4v) is 4.16. The maximum absolute atomic E-state index is 14.5. The van der Waals surface area contributed by atoms with Crippen LogP contribution in [0.15, 0.2) is 67.3 Å². The largest absolute Gasteiger partial charge is 0.492 e. The van der Waals surface area contributed by atoms with Crippen molar-refractivity contribution in [1.82, 2.24) is 40.0 Å². The third-order valence-corrected chi connectivity index (χ3v) is 5.99. The number of rotatable bonds is 7. The van der Waals surface area contributed by atoms with Gasteiger partial charge in [-0.3, -0.25) is 15.1 Å². The second-order valence-electron chi connectivity index (χ2n) is 8.90. The molecule has 9 nitrogen and oxygen atoms in total. The molecule has 10 heteroatoms. The van der Waals surface area contributed by atoms with Crippen LogP contribution in [0.3, 0.4) is 0 Å². The zero-order chi connectivity index (χ0) is 25.4. The lowest BCUT2D eigenvalue weighted by molar-refractivity contribution is 0.260. The van der Waals surface area contributed by atoms with Crippen LogP contribution in [0.5, 0.6) is 5.75 Å². The molecule has 0 spiro atoms. The van der Waals surface area contributed by atoms with Gasteiger partial charge < -0.3 is 14.6 Å². The molecule has 0 radical (unpaired) electrons. The van der Waals surface area contributed by atoms with E-state index in [0.29, 0.717) is 46.3 Å². The summed E-state index contributed by atoms with van der Waals surface area (Å²) in [5, 5.41) is 8.27. The van der Waals surface area contributed by atoms with E-state index in [1.54, 1.807) is 30.9 Å². The van der Waals surface area contributed by atoms with E-state index in [4.69, 9.17) is 9.72 Å². The van der Waals surface area contributed by atoms with Crippen LogP contribution in [0.1, 0.15) is 0 Å². The van der Waals surface area contributed by atoms with Crippen molar-refractivity contribution < 1.29 is 9.13 Å². The molecule has 5 aromatic heterocycles. The average molecular weight is 495 g/mol. The summed E-state index contributed by atoms with van der Waals surface area (Å²) in [4.78, 5) is 23.4. The number of H-pyrrole nitrogens is 2. The molecule has 0 unspecified atom stereocenters. The van der Waals surface area contributed by atoms with Gasteiger partial charge in [-0.1, -0.05) is 6.07 Å². The zero-order valence-corrected chi connectivity index (χ0v) is 20.2. The summed E-state index contributed by atoms with van der Waals surface area (Å²) in [6, 6.07) is 12.3. The van der Waals surface area contributed by atoms with Gasteiger partial charge in [0.05, 0.1) is 16.6 Å². The SMILES string of the molecule is CN(C)CCOc1cc(F)cc(-c2nccc3[nH]c(-c4n[nH]c5ncc(-c6cccnc6)cc45)nc23)c1. The van der Waals surface area contributed by atoms with Gasteiger partial charge in [-0.05, 0) is 44.4 Å². The Morgan fingerprint density at radius 1 is 0.946 bits per heavy atom. The van der Waals surface area contributed by atoms with E-state index in [1.165, 1.54) is 12.1 Å². The van der Waals surface area contributed by atoms with Gasteiger partial charge in [0, 0.05) is 54.1 Å². The molecule has 0 aliphatic carbocycles. The van der Waals surface area contributed by atoms with Crippen LogP contribution in [0.4, 0.5) is 4.39 Å². The first-order chi connectivity index (χ1) is 18.0. The highest BCUT2D eigenvalue weighted by Gasteiger charge is 2.18. The van der Waals surface area contributed by atoms with E-state index in [2.05, 4.69) is 30.1 Å². The molecule has 0 atom stereocenters. The number of benzene rings is 1. The molecule has 0 saturated carbocycles. The molecule has 0 saturated heterocycles. The van der Waals surface area contributed by atoms with Crippen LogP contribution in [-0.2, 0) is 0 Å². The molecule has 1 aromatic carbocycles. The van der Waals surface area contributed by atoms with Crippen LogP contribution >= 0.6 is 0 Å². The summed E-state index contributed by atoms with van der Waals surface area (Å²) in [5.41, 5.74) is 5.63. The lowest BCUT2D eigenvalue weighted by Gasteiger charge is -2.12. The van der Waals surface area contributed by atoms with E-state index in [9.17, 15) is 4.39 Å². The van der Waals surface area contributed by atoms with Crippen LogP contribution in [-0.4, -0.2) is 67.3 Å². The van der Waals surface area contributed by atoms with Gasteiger partial charge in [0.25, 0.3) is 0 Å². The van der Waals surface area contributed by atoms with Crippen molar-refractivity contribution in [2.75, 3.05) is 27.2 Å². The maximum atomic E-state index is 14.5. The molecule has 6 rings (SSSR count). The number of fused-ring (bicyclic) bond motifs is 2. The number of nitrogens with zero attached hydrogens (tertiary/aromatic N) is 6. The lowest BCUT2D eigenvalue weighted by atomic mass is 10.1. The van der Waals surface area contributed by atoms with Crippen molar-refractivity contribution in [3.05, 3.63) is 73.1 Å². The number of ether oxygens (including phenoxy) is 1.